The lowest BCUT2D eigenvalue weighted by atomic mass is 10.1. The van der Waals surface area contributed by atoms with Crippen LogP contribution in [0.15, 0.2) is 109 Å². The van der Waals surface area contributed by atoms with Gasteiger partial charge in [-0.2, -0.15) is 0 Å². The third-order valence-electron chi connectivity index (χ3n) is 8.41. The molecule has 0 amide bonds. The summed E-state index contributed by atoms with van der Waals surface area (Å²) in [7, 11) is -4.65. The molecule has 10 nitrogen and oxygen atoms in total. The van der Waals surface area contributed by atoms with Crippen molar-refractivity contribution in [3.63, 3.8) is 0 Å². The minimum absolute atomic E-state index is 0.0936. The number of hydrogen-bond donors (Lipinski definition) is 3. The number of esters is 2. The van der Waals surface area contributed by atoms with Gasteiger partial charge in [0.25, 0.3) is 0 Å². The predicted molar refractivity (Wildman–Crippen MR) is 242 cm³/mol. The second-order valence-electron chi connectivity index (χ2n) is 14.0. The van der Waals surface area contributed by atoms with E-state index in [0.29, 0.717) is 19.3 Å². The van der Waals surface area contributed by atoms with E-state index in [4.69, 9.17) is 19.1 Å². The summed E-state index contributed by atoms with van der Waals surface area (Å²) < 4.78 is 32.6. The van der Waals surface area contributed by atoms with Gasteiger partial charge in [-0.15, -0.1) is 0 Å². The molecule has 0 spiro atoms. The molecule has 0 saturated carbocycles. The number of phosphoric ester groups is 1. The van der Waals surface area contributed by atoms with E-state index in [9.17, 15) is 24.2 Å². The summed E-state index contributed by atoms with van der Waals surface area (Å²) in [4.78, 5) is 35.0. The highest BCUT2D eigenvalue weighted by atomic mass is 31.2. The van der Waals surface area contributed by atoms with Crippen molar-refractivity contribution in [3.05, 3.63) is 109 Å². The summed E-state index contributed by atoms with van der Waals surface area (Å²) in [6.07, 6.45) is 53.4. The number of rotatable bonds is 39. The van der Waals surface area contributed by atoms with Crippen molar-refractivity contribution >= 4 is 19.8 Å². The van der Waals surface area contributed by atoms with E-state index < -0.39 is 51.8 Å². The highest BCUT2D eigenvalue weighted by molar-refractivity contribution is 7.47. The molecule has 59 heavy (non-hydrogen) atoms. The molecule has 3 atom stereocenters. The Bertz CT molecular complexity index is 1340. The molecule has 334 valence electrons. The Morgan fingerprint density at radius 3 is 1.42 bits per heavy atom. The highest BCUT2D eigenvalue weighted by Crippen LogP contribution is 2.43. The number of ether oxygens (including phenoxy) is 2. The van der Waals surface area contributed by atoms with E-state index in [1.807, 2.05) is 12.2 Å². The lowest BCUT2D eigenvalue weighted by molar-refractivity contribution is -0.161. The Morgan fingerprint density at radius 1 is 0.525 bits per heavy atom. The van der Waals surface area contributed by atoms with Crippen molar-refractivity contribution in [3.8, 4) is 0 Å². The van der Waals surface area contributed by atoms with Crippen LogP contribution in [0.25, 0.3) is 0 Å². The number of unbranched alkanes of at least 4 members (excludes halogenated alkanes) is 7. The quantitative estimate of drug-likeness (QED) is 0.0236. The van der Waals surface area contributed by atoms with Gasteiger partial charge in [0.1, 0.15) is 12.7 Å². The molecular formula is C48H77O10P. The topological polar surface area (TPSA) is 149 Å². The van der Waals surface area contributed by atoms with Gasteiger partial charge in [0.15, 0.2) is 6.10 Å². The summed E-state index contributed by atoms with van der Waals surface area (Å²) >= 11 is 0. The third kappa shape index (κ3) is 42.6. The molecule has 0 aromatic heterocycles. The van der Waals surface area contributed by atoms with Crippen molar-refractivity contribution < 1.29 is 47.8 Å². The van der Waals surface area contributed by atoms with Gasteiger partial charge < -0.3 is 24.6 Å². The van der Waals surface area contributed by atoms with E-state index in [1.165, 1.54) is 19.3 Å². The molecule has 0 rings (SSSR count). The van der Waals surface area contributed by atoms with Gasteiger partial charge in [-0.3, -0.25) is 18.6 Å². The maximum absolute atomic E-state index is 12.6. The summed E-state index contributed by atoms with van der Waals surface area (Å²) in [5.41, 5.74) is 0. The number of allylic oxidation sites excluding steroid dienone is 18. The third-order valence-corrected chi connectivity index (χ3v) is 9.36. The zero-order valence-corrected chi connectivity index (χ0v) is 37.1. The van der Waals surface area contributed by atoms with Crippen LogP contribution in [0.3, 0.4) is 0 Å². The Kier molecular flexibility index (Phi) is 40.3. The Labute approximate surface area is 356 Å². The first kappa shape index (κ1) is 55.6. The first-order chi connectivity index (χ1) is 28.7. The second-order valence-corrected chi connectivity index (χ2v) is 15.4. The molecule has 0 heterocycles. The van der Waals surface area contributed by atoms with Gasteiger partial charge in [-0.05, 0) is 96.3 Å². The van der Waals surface area contributed by atoms with Gasteiger partial charge in [0, 0.05) is 12.8 Å². The number of aliphatic hydroxyl groups is 2. The molecular weight excluding hydrogens is 767 g/mol. The van der Waals surface area contributed by atoms with E-state index in [0.717, 1.165) is 77.0 Å². The van der Waals surface area contributed by atoms with E-state index >= 15 is 0 Å². The van der Waals surface area contributed by atoms with Gasteiger partial charge in [0.05, 0.1) is 19.8 Å². The Morgan fingerprint density at radius 2 is 0.949 bits per heavy atom. The standard InChI is InChI=1S/C48H77O10P/c1-3-5-7-9-11-13-15-17-19-21-22-24-25-27-29-31-33-35-37-39-47(51)55-43-46(44-57-59(53,54)56-42-45(50)41-49)58-48(52)40-38-36-34-32-30-28-26-23-20-18-16-14-12-10-8-6-4-2/h5,7,11-14,17-20,22,24,26-29,32,34,45-46,49-50H,3-4,6,8-10,15-16,21,23,25,30-31,33,35-44H2,1-2H3,(H,53,54)/b7-5+,13-11+,14-12+,19-17+,20-18+,24-22+,28-26+,29-27+,34-32+/t45-,46+/m0/s1. The molecule has 0 aromatic carbocycles. The SMILES string of the molecule is CC/C=C/C/C=C/C/C=C/C/C=C/C/C=C/CCCCCC(=O)OC[C@H](COP(=O)(O)OC[C@@H](O)CO)OC(=O)CCC/C=C/C/C=C/C/C=C/C/C=C/CCCCC. The Balaban J connectivity index is 4.48. The molecule has 3 N–H and O–H groups in total. The molecule has 0 saturated heterocycles. The molecule has 0 bridgehead atoms. The minimum Gasteiger partial charge on any atom is -0.462 e. The van der Waals surface area contributed by atoms with E-state index in [-0.39, 0.29) is 19.4 Å². The highest BCUT2D eigenvalue weighted by Gasteiger charge is 2.27. The van der Waals surface area contributed by atoms with Gasteiger partial charge in [-0.25, -0.2) is 4.57 Å². The predicted octanol–water partition coefficient (Wildman–Crippen LogP) is 11.8. The van der Waals surface area contributed by atoms with Crippen LogP contribution < -0.4 is 0 Å². The van der Waals surface area contributed by atoms with E-state index in [2.05, 4.69) is 116 Å². The molecule has 0 aromatic rings. The van der Waals surface area contributed by atoms with Crippen LogP contribution in [0.4, 0.5) is 0 Å². The van der Waals surface area contributed by atoms with Gasteiger partial charge in [0.2, 0.25) is 0 Å². The van der Waals surface area contributed by atoms with Crippen LogP contribution in [0.2, 0.25) is 0 Å². The Hall–Kier alpha value is -3.37. The molecule has 0 aliphatic carbocycles. The van der Waals surface area contributed by atoms with Crippen molar-refractivity contribution in [1.29, 1.82) is 0 Å². The summed E-state index contributed by atoms with van der Waals surface area (Å²) in [5, 5.41) is 18.3. The second kappa shape index (κ2) is 42.7. The average molecular weight is 845 g/mol. The lowest BCUT2D eigenvalue weighted by Gasteiger charge is -2.20. The van der Waals surface area contributed by atoms with Crippen LogP contribution >= 0.6 is 7.82 Å². The first-order valence-electron chi connectivity index (χ1n) is 21.8. The number of aliphatic hydroxyl groups excluding tert-OH is 2. The van der Waals surface area contributed by atoms with Crippen LogP contribution in [-0.4, -0.2) is 65.7 Å². The lowest BCUT2D eigenvalue weighted by Crippen LogP contribution is -2.29. The van der Waals surface area contributed by atoms with Crippen LogP contribution in [0, 0.1) is 0 Å². The minimum atomic E-state index is -4.65. The number of hydrogen-bond acceptors (Lipinski definition) is 9. The van der Waals surface area contributed by atoms with Crippen molar-refractivity contribution in [2.45, 2.75) is 154 Å². The summed E-state index contributed by atoms with van der Waals surface area (Å²) in [6, 6.07) is 0. The first-order valence-corrected chi connectivity index (χ1v) is 23.3. The molecule has 0 aliphatic heterocycles. The summed E-state index contributed by atoms with van der Waals surface area (Å²) in [5.74, 6) is -1.04. The average Bonchev–Trinajstić information content (AvgIpc) is 3.22. The fraction of sp³-hybridized carbons (Fsp3) is 0.583. The van der Waals surface area contributed by atoms with Crippen LogP contribution in [0.1, 0.15) is 142 Å². The molecule has 0 fully saturated rings. The molecule has 1 unspecified atom stereocenters. The zero-order valence-electron chi connectivity index (χ0n) is 36.2. The summed E-state index contributed by atoms with van der Waals surface area (Å²) in [6.45, 7) is 2.11. The van der Waals surface area contributed by atoms with Crippen molar-refractivity contribution in [1.82, 2.24) is 0 Å². The fourth-order valence-electron chi connectivity index (χ4n) is 5.07. The fourth-order valence-corrected chi connectivity index (χ4v) is 5.86. The normalized spacial score (nSPS) is 14.9. The van der Waals surface area contributed by atoms with Crippen LogP contribution in [0.5, 0.6) is 0 Å². The maximum atomic E-state index is 12.6. The van der Waals surface area contributed by atoms with Crippen LogP contribution in [-0.2, 0) is 32.7 Å². The zero-order chi connectivity index (χ0) is 43.3. The van der Waals surface area contributed by atoms with Gasteiger partial charge in [-0.1, -0.05) is 142 Å². The molecule has 11 heteroatoms. The van der Waals surface area contributed by atoms with Crippen molar-refractivity contribution in [2.75, 3.05) is 26.4 Å². The monoisotopic (exact) mass is 845 g/mol. The van der Waals surface area contributed by atoms with Gasteiger partial charge >= 0.3 is 19.8 Å². The smallest absolute Gasteiger partial charge is 0.462 e. The molecule has 0 aliphatic rings. The molecule has 0 radical (unpaired) electrons. The number of carbonyl (C=O) groups excluding carboxylic acids is 2. The van der Waals surface area contributed by atoms with Crippen molar-refractivity contribution in [2.24, 2.45) is 0 Å². The number of carbonyl (C=O) groups is 2. The maximum Gasteiger partial charge on any atom is 0.472 e. The number of phosphoric acid groups is 1. The van der Waals surface area contributed by atoms with E-state index in [1.54, 1.807) is 0 Å². The largest absolute Gasteiger partial charge is 0.472 e.